The molecule has 0 radical (unpaired) electrons. The number of hydrogen-bond acceptors (Lipinski definition) is 3. The van der Waals surface area contributed by atoms with Crippen LogP contribution in [-0.4, -0.2) is 19.3 Å². The zero-order valence-corrected chi connectivity index (χ0v) is 11.1. The van der Waals surface area contributed by atoms with Gasteiger partial charge in [0.25, 0.3) is 0 Å². The van der Waals surface area contributed by atoms with Crippen molar-refractivity contribution in [3.8, 4) is 0 Å². The number of nitrogens with one attached hydrogen (secondary N) is 1. The first-order chi connectivity index (χ1) is 8.19. The minimum Gasteiger partial charge on any atom is -0.382 e. The van der Waals surface area contributed by atoms with E-state index in [4.69, 9.17) is 10.6 Å². The minimum absolute atomic E-state index is 0.279. The van der Waals surface area contributed by atoms with E-state index in [0.29, 0.717) is 0 Å². The molecule has 0 aliphatic rings. The molecule has 0 bridgehead atoms. The van der Waals surface area contributed by atoms with Crippen LogP contribution in [0.4, 0.5) is 0 Å². The smallest absolute Gasteiger partial charge is 0.0481 e. The maximum atomic E-state index is 5.60. The fourth-order valence-electron chi connectivity index (χ4n) is 2.03. The largest absolute Gasteiger partial charge is 0.382 e. The molecule has 1 unspecified atom stereocenters. The molecule has 3 heteroatoms. The molecule has 0 aliphatic heterocycles. The van der Waals surface area contributed by atoms with Crippen molar-refractivity contribution in [1.29, 1.82) is 0 Å². The third kappa shape index (κ3) is 4.46. The Balaban J connectivity index is 2.60. The molecular weight excluding hydrogens is 212 g/mol. The highest BCUT2D eigenvalue weighted by Crippen LogP contribution is 2.16. The Bertz CT molecular complexity index is 319. The van der Waals surface area contributed by atoms with E-state index in [0.717, 1.165) is 26.1 Å². The molecule has 0 saturated heterocycles. The molecule has 3 nitrogen and oxygen atoms in total. The van der Waals surface area contributed by atoms with E-state index >= 15 is 0 Å². The minimum atomic E-state index is 0.279. The molecule has 3 N–H and O–H groups in total. The Morgan fingerprint density at radius 3 is 2.47 bits per heavy atom. The van der Waals surface area contributed by atoms with Crippen LogP contribution in [0, 0.1) is 13.8 Å². The first-order valence-electron chi connectivity index (χ1n) is 6.28. The Kier molecular flexibility index (Phi) is 6.19. The lowest BCUT2D eigenvalue weighted by molar-refractivity contribution is 0.136. The lowest BCUT2D eigenvalue weighted by atomic mass is 9.95. The Hall–Kier alpha value is -0.900. The zero-order valence-electron chi connectivity index (χ0n) is 11.1. The lowest BCUT2D eigenvalue weighted by Gasteiger charge is -2.18. The third-order valence-electron chi connectivity index (χ3n) is 3.15. The number of aryl methyl sites for hydroxylation is 2. The lowest BCUT2D eigenvalue weighted by Crippen LogP contribution is -2.38. The molecule has 0 aliphatic carbocycles. The predicted molar refractivity (Wildman–Crippen MR) is 71.8 cm³/mol. The Morgan fingerprint density at radius 1 is 1.29 bits per heavy atom. The number of hydrazine groups is 1. The second-order valence-corrected chi connectivity index (χ2v) is 4.42. The molecule has 0 heterocycles. The van der Waals surface area contributed by atoms with Gasteiger partial charge in [-0.2, -0.15) is 0 Å². The molecule has 1 rings (SSSR count). The van der Waals surface area contributed by atoms with Gasteiger partial charge in [-0.05, 0) is 50.3 Å². The summed E-state index contributed by atoms with van der Waals surface area (Å²) in [5.74, 6) is 5.60. The summed E-state index contributed by atoms with van der Waals surface area (Å²) >= 11 is 0. The summed E-state index contributed by atoms with van der Waals surface area (Å²) in [4.78, 5) is 0. The Labute approximate surface area is 104 Å². The topological polar surface area (TPSA) is 47.3 Å². The maximum Gasteiger partial charge on any atom is 0.0481 e. The van der Waals surface area contributed by atoms with E-state index in [1.165, 1.54) is 16.7 Å². The van der Waals surface area contributed by atoms with Gasteiger partial charge in [0.1, 0.15) is 0 Å². The van der Waals surface area contributed by atoms with Crippen molar-refractivity contribution in [2.75, 3.05) is 13.2 Å². The van der Waals surface area contributed by atoms with Crippen molar-refractivity contribution in [3.05, 3.63) is 34.9 Å². The molecule has 0 aromatic heterocycles. The fourth-order valence-corrected chi connectivity index (χ4v) is 2.03. The second-order valence-electron chi connectivity index (χ2n) is 4.42. The molecule has 0 saturated carbocycles. The quantitative estimate of drug-likeness (QED) is 0.433. The van der Waals surface area contributed by atoms with Crippen molar-refractivity contribution < 1.29 is 4.74 Å². The predicted octanol–water partition coefficient (Wildman–Crippen LogP) is 2.10. The van der Waals surface area contributed by atoms with E-state index in [2.05, 4.69) is 37.5 Å². The van der Waals surface area contributed by atoms with Gasteiger partial charge in [0.2, 0.25) is 0 Å². The number of rotatable bonds is 7. The maximum absolute atomic E-state index is 5.60. The van der Waals surface area contributed by atoms with E-state index < -0.39 is 0 Å². The van der Waals surface area contributed by atoms with Gasteiger partial charge in [0.05, 0.1) is 0 Å². The summed E-state index contributed by atoms with van der Waals surface area (Å²) in [6.45, 7) is 7.84. The van der Waals surface area contributed by atoms with Gasteiger partial charge in [-0.15, -0.1) is 0 Å². The number of ether oxygens (including phenoxy) is 1. The average molecular weight is 236 g/mol. The van der Waals surface area contributed by atoms with Gasteiger partial charge >= 0.3 is 0 Å². The summed E-state index contributed by atoms with van der Waals surface area (Å²) in [7, 11) is 0. The van der Waals surface area contributed by atoms with E-state index in [1.807, 2.05) is 6.92 Å². The van der Waals surface area contributed by atoms with Crippen LogP contribution in [0.25, 0.3) is 0 Å². The van der Waals surface area contributed by atoms with Crippen LogP contribution in [0.5, 0.6) is 0 Å². The highest BCUT2D eigenvalue weighted by Gasteiger charge is 2.11. The molecule has 1 aromatic carbocycles. The molecule has 0 fully saturated rings. The van der Waals surface area contributed by atoms with Crippen molar-refractivity contribution >= 4 is 0 Å². The van der Waals surface area contributed by atoms with Crippen molar-refractivity contribution in [2.24, 2.45) is 5.84 Å². The van der Waals surface area contributed by atoms with Crippen LogP contribution in [0.15, 0.2) is 18.2 Å². The monoisotopic (exact) mass is 236 g/mol. The fraction of sp³-hybridized carbons (Fsp3) is 0.571. The van der Waals surface area contributed by atoms with Crippen LogP contribution >= 0.6 is 0 Å². The van der Waals surface area contributed by atoms with Gasteiger partial charge in [0, 0.05) is 19.3 Å². The van der Waals surface area contributed by atoms with Gasteiger partial charge in [0.15, 0.2) is 0 Å². The molecule has 0 amide bonds. The zero-order chi connectivity index (χ0) is 12.7. The first-order valence-corrected chi connectivity index (χ1v) is 6.28. The molecule has 0 spiro atoms. The van der Waals surface area contributed by atoms with Gasteiger partial charge < -0.3 is 4.74 Å². The Morgan fingerprint density at radius 2 is 1.94 bits per heavy atom. The van der Waals surface area contributed by atoms with Gasteiger partial charge in [-0.1, -0.05) is 18.2 Å². The number of benzene rings is 1. The van der Waals surface area contributed by atoms with E-state index in [9.17, 15) is 0 Å². The summed E-state index contributed by atoms with van der Waals surface area (Å²) < 4.78 is 5.37. The number of nitrogens with two attached hydrogens (primary N) is 1. The molecule has 17 heavy (non-hydrogen) atoms. The van der Waals surface area contributed by atoms with Crippen LogP contribution in [-0.2, 0) is 11.2 Å². The summed E-state index contributed by atoms with van der Waals surface area (Å²) in [6.07, 6.45) is 1.90. The van der Waals surface area contributed by atoms with Gasteiger partial charge in [-0.3, -0.25) is 11.3 Å². The average Bonchev–Trinajstić information content (AvgIpc) is 2.32. The van der Waals surface area contributed by atoms with Crippen LogP contribution < -0.4 is 11.3 Å². The van der Waals surface area contributed by atoms with Crippen molar-refractivity contribution in [2.45, 2.75) is 39.7 Å². The summed E-state index contributed by atoms with van der Waals surface area (Å²) in [5, 5.41) is 0. The highest BCUT2D eigenvalue weighted by atomic mass is 16.5. The standard InChI is InChI=1S/C14H24N2O/c1-4-17-9-8-13(16-15)10-14-11(2)6-5-7-12(14)3/h5-7,13,16H,4,8-10,15H2,1-3H3. The highest BCUT2D eigenvalue weighted by molar-refractivity contribution is 5.34. The van der Waals surface area contributed by atoms with E-state index in [1.54, 1.807) is 0 Å². The molecular formula is C14H24N2O. The van der Waals surface area contributed by atoms with Crippen molar-refractivity contribution in [3.63, 3.8) is 0 Å². The summed E-state index contributed by atoms with van der Waals surface area (Å²) in [6, 6.07) is 6.68. The van der Waals surface area contributed by atoms with E-state index in [-0.39, 0.29) is 6.04 Å². The molecule has 1 aromatic rings. The molecule has 96 valence electrons. The first kappa shape index (κ1) is 14.2. The van der Waals surface area contributed by atoms with Crippen LogP contribution in [0.1, 0.15) is 30.0 Å². The SMILES string of the molecule is CCOCCC(Cc1c(C)cccc1C)NN. The van der Waals surface area contributed by atoms with Crippen LogP contribution in [0.3, 0.4) is 0 Å². The third-order valence-corrected chi connectivity index (χ3v) is 3.15. The summed E-state index contributed by atoms with van der Waals surface area (Å²) in [5.41, 5.74) is 6.95. The van der Waals surface area contributed by atoms with Crippen LogP contribution in [0.2, 0.25) is 0 Å². The normalized spacial score (nSPS) is 12.7. The van der Waals surface area contributed by atoms with Crippen molar-refractivity contribution in [1.82, 2.24) is 5.43 Å². The molecule has 1 atom stereocenters. The second kappa shape index (κ2) is 7.43. The number of hydrogen-bond donors (Lipinski definition) is 2. The van der Waals surface area contributed by atoms with Gasteiger partial charge in [-0.25, -0.2) is 0 Å².